The molecule has 0 saturated heterocycles. The smallest absolute Gasteiger partial charge is 0.261 e. The average molecular weight is 318 g/mol. The topological polar surface area (TPSA) is 63.2 Å². The molecule has 112 valence electrons. The van der Waals surface area contributed by atoms with Crippen molar-refractivity contribution in [2.24, 2.45) is 0 Å². The number of hydrogen-bond acceptors (Lipinski definition) is 3. The van der Waals surface area contributed by atoms with E-state index < -0.39 is 9.05 Å². The Bertz CT molecular complexity index is 570. The molecular weight excluding hydrogens is 298 g/mol. The van der Waals surface area contributed by atoms with Gasteiger partial charge in [-0.15, -0.1) is 0 Å². The van der Waals surface area contributed by atoms with Gasteiger partial charge in [-0.2, -0.15) is 0 Å². The van der Waals surface area contributed by atoms with Gasteiger partial charge in [-0.05, 0) is 30.5 Å². The van der Waals surface area contributed by atoms with Gasteiger partial charge < -0.3 is 5.32 Å². The molecule has 0 radical (unpaired) electrons. The second kappa shape index (κ2) is 7.64. The number of nitrogens with one attached hydrogen (secondary N) is 1. The molecule has 1 aromatic carbocycles. The third-order valence-electron chi connectivity index (χ3n) is 3.04. The fraction of sp³-hybridized carbons (Fsp3) is 0.500. The summed E-state index contributed by atoms with van der Waals surface area (Å²) in [5, 5.41) is 2.77. The number of carbonyl (C=O) groups is 1. The molecule has 0 spiro atoms. The van der Waals surface area contributed by atoms with Gasteiger partial charge in [0.25, 0.3) is 15.0 Å². The Labute approximate surface area is 124 Å². The molecule has 1 N–H and O–H groups in total. The summed E-state index contributed by atoms with van der Waals surface area (Å²) in [4.78, 5) is 12.0. The predicted octanol–water partition coefficient (Wildman–Crippen LogP) is 3.10. The lowest BCUT2D eigenvalue weighted by Gasteiger charge is -2.09. The third kappa shape index (κ3) is 4.80. The van der Waals surface area contributed by atoms with Crippen molar-refractivity contribution in [3.63, 3.8) is 0 Å². The molecule has 4 nitrogen and oxygen atoms in total. The molecule has 0 aliphatic heterocycles. The van der Waals surface area contributed by atoms with Crippen molar-refractivity contribution >= 4 is 25.6 Å². The van der Waals surface area contributed by atoms with Crippen LogP contribution >= 0.6 is 10.7 Å². The SMILES string of the molecule is CCCCCNC(=O)c1ccc(CC)c(S(=O)(=O)Cl)c1. The standard InChI is InChI=1S/C14H20ClNO3S/c1-3-5-6-9-16-14(17)12-8-7-11(4-2)13(10-12)20(15,18)19/h7-8,10H,3-6,9H2,1-2H3,(H,16,17). The molecule has 6 heteroatoms. The van der Waals surface area contributed by atoms with Crippen molar-refractivity contribution in [1.82, 2.24) is 5.32 Å². The maximum absolute atomic E-state index is 11.9. The molecule has 0 heterocycles. The number of aryl methyl sites for hydroxylation is 1. The molecule has 0 saturated carbocycles. The van der Waals surface area contributed by atoms with Gasteiger partial charge in [0.05, 0.1) is 4.90 Å². The molecule has 1 rings (SSSR count). The highest BCUT2D eigenvalue weighted by molar-refractivity contribution is 8.13. The number of halogens is 1. The first kappa shape index (κ1) is 17.0. The zero-order chi connectivity index (χ0) is 15.2. The monoisotopic (exact) mass is 317 g/mol. The zero-order valence-corrected chi connectivity index (χ0v) is 13.4. The Morgan fingerprint density at radius 1 is 1.25 bits per heavy atom. The van der Waals surface area contributed by atoms with E-state index in [2.05, 4.69) is 12.2 Å². The number of benzene rings is 1. The third-order valence-corrected chi connectivity index (χ3v) is 4.44. The summed E-state index contributed by atoms with van der Waals surface area (Å²) in [7, 11) is 1.57. The highest BCUT2D eigenvalue weighted by Gasteiger charge is 2.17. The van der Waals surface area contributed by atoms with Crippen LogP contribution in [0.3, 0.4) is 0 Å². The van der Waals surface area contributed by atoms with Crippen LogP contribution < -0.4 is 5.32 Å². The van der Waals surface area contributed by atoms with Crippen molar-refractivity contribution in [3.05, 3.63) is 29.3 Å². The van der Waals surface area contributed by atoms with Crippen LogP contribution in [0.25, 0.3) is 0 Å². The summed E-state index contributed by atoms with van der Waals surface area (Å²) in [6.07, 6.45) is 3.59. The quantitative estimate of drug-likeness (QED) is 0.621. The normalized spacial score (nSPS) is 11.3. The molecule has 0 aliphatic rings. The van der Waals surface area contributed by atoms with Gasteiger partial charge in [-0.1, -0.05) is 32.8 Å². The first-order chi connectivity index (χ1) is 9.40. The van der Waals surface area contributed by atoms with Crippen LogP contribution in [0.1, 0.15) is 49.0 Å². The van der Waals surface area contributed by atoms with Crippen LogP contribution in [-0.4, -0.2) is 20.9 Å². The summed E-state index contributed by atoms with van der Waals surface area (Å²) in [5.74, 6) is -0.273. The van der Waals surface area contributed by atoms with Crippen LogP contribution in [0, 0.1) is 0 Å². The lowest BCUT2D eigenvalue weighted by molar-refractivity contribution is 0.0952. The summed E-state index contributed by atoms with van der Waals surface area (Å²) < 4.78 is 23.0. The molecule has 1 amide bonds. The summed E-state index contributed by atoms with van der Waals surface area (Å²) >= 11 is 0. The average Bonchev–Trinajstić information content (AvgIpc) is 2.41. The van der Waals surface area contributed by atoms with Crippen LogP contribution in [0.4, 0.5) is 0 Å². The molecule has 0 fully saturated rings. The van der Waals surface area contributed by atoms with Crippen molar-refractivity contribution in [2.45, 2.75) is 44.4 Å². The molecule has 0 bridgehead atoms. The maximum atomic E-state index is 11.9. The Hall–Kier alpha value is -1.07. The van der Waals surface area contributed by atoms with Crippen LogP contribution in [-0.2, 0) is 15.5 Å². The number of rotatable bonds is 7. The largest absolute Gasteiger partial charge is 0.352 e. The number of amides is 1. The van der Waals surface area contributed by atoms with Gasteiger partial charge in [0.2, 0.25) is 0 Å². The summed E-state index contributed by atoms with van der Waals surface area (Å²) in [6.45, 7) is 4.51. The fourth-order valence-corrected chi connectivity index (χ4v) is 3.12. The van der Waals surface area contributed by atoms with Crippen LogP contribution in [0.5, 0.6) is 0 Å². The van der Waals surface area contributed by atoms with E-state index in [0.717, 1.165) is 19.3 Å². The maximum Gasteiger partial charge on any atom is 0.261 e. The molecule has 0 aliphatic carbocycles. The van der Waals surface area contributed by atoms with Crippen molar-refractivity contribution < 1.29 is 13.2 Å². The minimum absolute atomic E-state index is 0.0166. The van der Waals surface area contributed by atoms with E-state index >= 15 is 0 Å². The highest BCUT2D eigenvalue weighted by atomic mass is 35.7. The summed E-state index contributed by atoms with van der Waals surface area (Å²) in [5.41, 5.74) is 0.931. The van der Waals surface area contributed by atoms with E-state index in [1.54, 1.807) is 12.1 Å². The lowest BCUT2D eigenvalue weighted by Crippen LogP contribution is -2.24. The van der Waals surface area contributed by atoms with Gasteiger partial charge in [0, 0.05) is 22.8 Å². The van der Waals surface area contributed by atoms with Crippen molar-refractivity contribution in [3.8, 4) is 0 Å². The first-order valence-corrected chi connectivity index (χ1v) is 9.06. The molecular formula is C14H20ClNO3S. The van der Waals surface area contributed by atoms with Gasteiger partial charge in [-0.3, -0.25) is 4.79 Å². The summed E-state index contributed by atoms with van der Waals surface area (Å²) in [6, 6.07) is 4.60. The van der Waals surface area contributed by atoms with Crippen molar-refractivity contribution in [1.29, 1.82) is 0 Å². The Morgan fingerprint density at radius 2 is 1.95 bits per heavy atom. The minimum atomic E-state index is -3.84. The number of unbranched alkanes of at least 4 members (excludes halogenated alkanes) is 2. The molecule has 0 atom stereocenters. The molecule has 0 unspecified atom stereocenters. The van der Waals surface area contributed by atoms with E-state index in [9.17, 15) is 13.2 Å². The van der Waals surface area contributed by atoms with Gasteiger partial charge >= 0.3 is 0 Å². The van der Waals surface area contributed by atoms with Gasteiger partial charge in [0.15, 0.2) is 0 Å². The van der Waals surface area contributed by atoms with Crippen molar-refractivity contribution in [2.75, 3.05) is 6.54 Å². The first-order valence-electron chi connectivity index (χ1n) is 6.76. The fourth-order valence-electron chi connectivity index (χ4n) is 1.89. The van der Waals surface area contributed by atoms with Gasteiger partial charge in [-0.25, -0.2) is 8.42 Å². The van der Waals surface area contributed by atoms with Crippen LogP contribution in [0.15, 0.2) is 23.1 Å². The molecule has 0 aromatic heterocycles. The lowest BCUT2D eigenvalue weighted by atomic mass is 10.1. The molecule has 20 heavy (non-hydrogen) atoms. The van der Waals surface area contributed by atoms with Gasteiger partial charge in [0.1, 0.15) is 0 Å². The number of hydrogen-bond donors (Lipinski definition) is 1. The van der Waals surface area contributed by atoms with E-state index in [0.29, 0.717) is 24.1 Å². The Balaban J connectivity index is 2.89. The Kier molecular flexibility index (Phi) is 6.49. The molecule has 1 aromatic rings. The second-order valence-electron chi connectivity index (χ2n) is 4.58. The predicted molar refractivity (Wildman–Crippen MR) is 80.7 cm³/mol. The minimum Gasteiger partial charge on any atom is -0.352 e. The second-order valence-corrected chi connectivity index (χ2v) is 7.11. The van der Waals surface area contributed by atoms with E-state index in [4.69, 9.17) is 10.7 Å². The number of carbonyl (C=O) groups excluding carboxylic acids is 1. The zero-order valence-electron chi connectivity index (χ0n) is 11.8. The van der Waals surface area contributed by atoms with Crippen LogP contribution in [0.2, 0.25) is 0 Å². The van der Waals surface area contributed by atoms with E-state index in [-0.39, 0.29) is 10.8 Å². The Morgan fingerprint density at radius 3 is 2.50 bits per heavy atom. The highest BCUT2D eigenvalue weighted by Crippen LogP contribution is 2.22. The van der Waals surface area contributed by atoms with E-state index in [1.807, 2.05) is 6.92 Å². The van der Waals surface area contributed by atoms with E-state index in [1.165, 1.54) is 6.07 Å².